The van der Waals surface area contributed by atoms with E-state index in [1.165, 1.54) is 19.3 Å². The van der Waals surface area contributed by atoms with Gasteiger partial charge in [0.1, 0.15) is 0 Å². The lowest BCUT2D eigenvalue weighted by Gasteiger charge is -2.04. The molecule has 0 aliphatic carbocycles. The zero-order chi connectivity index (χ0) is 16.8. The molecule has 1 N–H and O–H groups in total. The number of ether oxygens (including phenoxy) is 1. The normalized spacial score (nSPS) is 10.6. The maximum atomic E-state index is 11.9. The summed E-state index contributed by atoms with van der Waals surface area (Å²) in [7, 11) is 1.30. The highest BCUT2D eigenvalue weighted by Gasteiger charge is 2.06. The third kappa shape index (κ3) is 4.84. The number of esters is 1. The summed E-state index contributed by atoms with van der Waals surface area (Å²) in [6, 6.07) is 11.5. The van der Waals surface area contributed by atoms with E-state index in [4.69, 9.17) is 23.2 Å². The van der Waals surface area contributed by atoms with E-state index in [9.17, 15) is 9.59 Å². The Morgan fingerprint density at radius 2 is 1.91 bits per heavy atom. The number of amides is 1. The van der Waals surface area contributed by atoms with Crippen molar-refractivity contribution >= 4 is 46.8 Å². The molecule has 0 aliphatic rings. The number of anilines is 1. The Morgan fingerprint density at radius 1 is 1.13 bits per heavy atom. The van der Waals surface area contributed by atoms with Crippen LogP contribution in [-0.2, 0) is 9.53 Å². The van der Waals surface area contributed by atoms with Crippen molar-refractivity contribution in [1.29, 1.82) is 0 Å². The summed E-state index contributed by atoms with van der Waals surface area (Å²) < 4.78 is 4.63. The lowest BCUT2D eigenvalue weighted by Crippen LogP contribution is -2.09. The van der Waals surface area contributed by atoms with E-state index < -0.39 is 5.97 Å². The molecule has 4 nitrogen and oxygen atoms in total. The molecule has 0 radical (unpaired) electrons. The summed E-state index contributed by atoms with van der Waals surface area (Å²) in [5.41, 5.74) is 1.52. The number of carbonyl (C=O) groups excluding carboxylic acids is 2. The highest BCUT2D eigenvalue weighted by molar-refractivity contribution is 6.35. The van der Waals surface area contributed by atoms with Gasteiger partial charge in [-0.3, -0.25) is 4.79 Å². The topological polar surface area (TPSA) is 55.4 Å². The van der Waals surface area contributed by atoms with Crippen LogP contribution in [-0.4, -0.2) is 19.0 Å². The van der Waals surface area contributed by atoms with Crippen LogP contribution in [0.3, 0.4) is 0 Å². The van der Waals surface area contributed by atoms with Crippen molar-refractivity contribution < 1.29 is 14.3 Å². The number of nitrogens with one attached hydrogen (secondary N) is 1. The molecule has 0 spiro atoms. The van der Waals surface area contributed by atoms with E-state index >= 15 is 0 Å². The second-order valence-electron chi connectivity index (χ2n) is 4.56. The van der Waals surface area contributed by atoms with Gasteiger partial charge in [-0.15, -0.1) is 0 Å². The molecular weight excluding hydrogens is 337 g/mol. The van der Waals surface area contributed by atoms with Gasteiger partial charge in [0.15, 0.2) is 0 Å². The molecule has 2 rings (SSSR count). The van der Waals surface area contributed by atoms with E-state index in [2.05, 4.69) is 10.1 Å². The number of hydrogen-bond donors (Lipinski definition) is 1. The van der Waals surface area contributed by atoms with Crippen LogP contribution in [0.15, 0.2) is 48.5 Å². The number of benzene rings is 2. The van der Waals surface area contributed by atoms with E-state index in [0.717, 1.165) is 0 Å². The van der Waals surface area contributed by atoms with Crippen LogP contribution in [0.4, 0.5) is 5.69 Å². The zero-order valence-electron chi connectivity index (χ0n) is 12.2. The average molecular weight is 350 g/mol. The monoisotopic (exact) mass is 349 g/mol. The minimum Gasteiger partial charge on any atom is -0.465 e. The Labute approximate surface area is 143 Å². The van der Waals surface area contributed by atoms with Crippen molar-refractivity contribution in [2.45, 2.75) is 0 Å². The number of rotatable bonds is 4. The number of hydrogen-bond acceptors (Lipinski definition) is 3. The first-order valence-corrected chi connectivity index (χ1v) is 7.37. The molecule has 0 saturated heterocycles. The van der Waals surface area contributed by atoms with Crippen LogP contribution in [0.2, 0.25) is 10.0 Å². The highest BCUT2D eigenvalue weighted by Crippen LogP contribution is 2.22. The molecule has 0 bridgehead atoms. The predicted octanol–water partition coefficient (Wildman–Crippen LogP) is 4.43. The molecule has 6 heteroatoms. The Balaban J connectivity index is 2.07. The first-order valence-electron chi connectivity index (χ1n) is 6.62. The van der Waals surface area contributed by atoms with Crippen LogP contribution in [0, 0.1) is 0 Å². The van der Waals surface area contributed by atoms with Gasteiger partial charge >= 0.3 is 5.97 Å². The molecule has 2 aromatic carbocycles. The van der Waals surface area contributed by atoms with Gasteiger partial charge in [-0.1, -0.05) is 35.3 Å². The molecule has 118 valence electrons. The molecule has 23 heavy (non-hydrogen) atoms. The fraction of sp³-hybridized carbons (Fsp3) is 0.0588. The quantitative estimate of drug-likeness (QED) is 0.656. The van der Waals surface area contributed by atoms with Crippen molar-refractivity contribution in [3.8, 4) is 0 Å². The summed E-state index contributed by atoms with van der Waals surface area (Å²) in [5.74, 6) is -0.817. The second-order valence-corrected chi connectivity index (χ2v) is 5.40. The highest BCUT2D eigenvalue weighted by atomic mass is 35.5. The third-order valence-corrected chi connectivity index (χ3v) is 3.49. The Hall–Kier alpha value is -2.30. The van der Waals surface area contributed by atoms with Gasteiger partial charge in [0.2, 0.25) is 5.91 Å². The van der Waals surface area contributed by atoms with Gasteiger partial charge in [-0.05, 0) is 42.0 Å². The van der Waals surface area contributed by atoms with Crippen LogP contribution >= 0.6 is 23.2 Å². The SMILES string of the molecule is COC(=O)c1cccc(NC(=O)/C=C/c2ccc(Cl)cc2Cl)c1. The minimum atomic E-state index is -0.468. The molecular formula is C17H13Cl2NO3. The summed E-state index contributed by atoms with van der Waals surface area (Å²) in [4.78, 5) is 23.4. The van der Waals surface area contributed by atoms with Crippen molar-refractivity contribution in [2.75, 3.05) is 12.4 Å². The molecule has 0 unspecified atom stereocenters. The van der Waals surface area contributed by atoms with Crippen LogP contribution < -0.4 is 5.32 Å². The minimum absolute atomic E-state index is 0.349. The lowest BCUT2D eigenvalue weighted by atomic mass is 10.2. The van der Waals surface area contributed by atoms with Gasteiger partial charge in [0.25, 0.3) is 0 Å². The van der Waals surface area contributed by atoms with Gasteiger partial charge < -0.3 is 10.1 Å². The molecule has 2 aromatic rings. The van der Waals surface area contributed by atoms with E-state index in [0.29, 0.717) is 26.9 Å². The Bertz CT molecular complexity index is 772. The molecule has 1 amide bonds. The van der Waals surface area contributed by atoms with E-state index in [1.807, 2.05) is 0 Å². The molecule has 0 saturated carbocycles. The molecule has 0 atom stereocenters. The van der Waals surface area contributed by atoms with Gasteiger partial charge in [0, 0.05) is 21.8 Å². The van der Waals surface area contributed by atoms with Crippen molar-refractivity contribution in [3.05, 3.63) is 69.7 Å². The maximum Gasteiger partial charge on any atom is 0.337 e. The molecule has 0 aromatic heterocycles. The predicted molar refractivity (Wildman–Crippen MR) is 91.9 cm³/mol. The number of carbonyl (C=O) groups is 2. The first-order chi connectivity index (χ1) is 11.0. The zero-order valence-corrected chi connectivity index (χ0v) is 13.7. The fourth-order valence-electron chi connectivity index (χ4n) is 1.83. The van der Waals surface area contributed by atoms with Crippen LogP contribution in [0.25, 0.3) is 6.08 Å². The smallest absolute Gasteiger partial charge is 0.337 e. The van der Waals surface area contributed by atoms with Crippen LogP contribution in [0.1, 0.15) is 15.9 Å². The first kappa shape index (κ1) is 17.1. The van der Waals surface area contributed by atoms with Gasteiger partial charge in [-0.2, -0.15) is 0 Å². The number of halogens is 2. The van der Waals surface area contributed by atoms with E-state index in [-0.39, 0.29) is 5.91 Å². The van der Waals surface area contributed by atoms with E-state index in [1.54, 1.807) is 42.5 Å². The lowest BCUT2D eigenvalue weighted by molar-refractivity contribution is -0.111. The maximum absolute atomic E-state index is 11.9. The van der Waals surface area contributed by atoms with Crippen molar-refractivity contribution in [2.24, 2.45) is 0 Å². The fourth-order valence-corrected chi connectivity index (χ4v) is 2.30. The third-order valence-electron chi connectivity index (χ3n) is 2.93. The Kier molecular flexibility index (Phi) is 5.79. The molecule has 0 heterocycles. The van der Waals surface area contributed by atoms with Crippen LogP contribution in [0.5, 0.6) is 0 Å². The summed E-state index contributed by atoms with van der Waals surface area (Å²) >= 11 is 11.8. The number of methoxy groups -OCH3 is 1. The van der Waals surface area contributed by atoms with Gasteiger partial charge in [0.05, 0.1) is 12.7 Å². The average Bonchev–Trinajstić information content (AvgIpc) is 2.53. The summed E-state index contributed by atoms with van der Waals surface area (Å²) in [5, 5.41) is 3.64. The summed E-state index contributed by atoms with van der Waals surface area (Å²) in [6.45, 7) is 0. The van der Waals surface area contributed by atoms with Crippen molar-refractivity contribution in [1.82, 2.24) is 0 Å². The molecule has 0 fully saturated rings. The Morgan fingerprint density at radius 3 is 2.61 bits per heavy atom. The van der Waals surface area contributed by atoms with Gasteiger partial charge in [-0.25, -0.2) is 4.79 Å². The second kappa shape index (κ2) is 7.81. The largest absolute Gasteiger partial charge is 0.465 e. The van der Waals surface area contributed by atoms with Crippen molar-refractivity contribution in [3.63, 3.8) is 0 Å². The molecule has 0 aliphatic heterocycles. The standard InChI is InChI=1S/C17H13Cl2NO3/c1-23-17(22)12-3-2-4-14(9-12)20-16(21)8-6-11-5-7-13(18)10-15(11)19/h2-10H,1H3,(H,20,21)/b8-6+. The summed E-state index contributed by atoms with van der Waals surface area (Å²) in [6.07, 6.45) is 2.93.